The van der Waals surface area contributed by atoms with Crippen LogP contribution in [0.2, 0.25) is 0 Å². The molecule has 0 atom stereocenters. The van der Waals surface area contributed by atoms with Gasteiger partial charge in [-0.2, -0.15) is 0 Å². The summed E-state index contributed by atoms with van der Waals surface area (Å²) in [7, 11) is 0. The minimum Gasteiger partial charge on any atom is -0.461 e. The first-order valence-electron chi connectivity index (χ1n) is 5.34. The summed E-state index contributed by atoms with van der Waals surface area (Å²) >= 11 is 4.74. The molecule has 4 nitrogen and oxygen atoms in total. The molecule has 1 heterocycles. The third-order valence-corrected chi connectivity index (χ3v) is 3.37. The quantitative estimate of drug-likeness (QED) is 0.867. The molecular weight excluding hydrogens is 316 g/mol. The van der Waals surface area contributed by atoms with E-state index in [-0.39, 0.29) is 0 Å². The summed E-state index contributed by atoms with van der Waals surface area (Å²) in [6.45, 7) is 2.12. The highest BCUT2D eigenvalue weighted by Crippen LogP contribution is 2.22. The first kappa shape index (κ1) is 13.0. The SMILES string of the molecule is CCOC(=O)c1csc(Nc2ccc(Br)cc2)n1. The second kappa shape index (κ2) is 5.97. The van der Waals surface area contributed by atoms with Crippen LogP contribution in [0.15, 0.2) is 34.1 Å². The van der Waals surface area contributed by atoms with Gasteiger partial charge in [-0.3, -0.25) is 0 Å². The van der Waals surface area contributed by atoms with Crippen molar-refractivity contribution in [1.82, 2.24) is 4.98 Å². The summed E-state index contributed by atoms with van der Waals surface area (Å²) in [4.78, 5) is 15.6. The zero-order chi connectivity index (χ0) is 13.0. The Bertz CT molecular complexity index is 539. The number of nitrogens with zero attached hydrogens (tertiary/aromatic N) is 1. The predicted octanol–water partition coefficient (Wildman–Crippen LogP) is 3.83. The Labute approximate surface area is 117 Å². The number of carbonyl (C=O) groups excluding carboxylic acids is 1. The van der Waals surface area contributed by atoms with Crippen molar-refractivity contribution in [3.8, 4) is 0 Å². The molecule has 2 aromatic rings. The summed E-state index contributed by atoms with van der Waals surface area (Å²) in [6.07, 6.45) is 0. The smallest absolute Gasteiger partial charge is 0.357 e. The normalized spacial score (nSPS) is 10.1. The zero-order valence-electron chi connectivity index (χ0n) is 9.64. The highest BCUT2D eigenvalue weighted by Gasteiger charge is 2.11. The minimum absolute atomic E-state index is 0.335. The van der Waals surface area contributed by atoms with Gasteiger partial charge in [-0.15, -0.1) is 11.3 Å². The molecular formula is C12H11BrN2O2S. The number of hydrogen-bond donors (Lipinski definition) is 1. The van der Waals surface area contributed by atoms with Gasteiger partial charge in [0.2, 0.25) is 0 Å². The van der Waals surface area contributed by atoms with E-state index in [1.54, 1.807) is 12.3 Å². The van der Waals surface area contributed by atoms with E-state index in [0.717, 1.165) is 10.2 Å². The fourth-order valence-corrected chi connectivity index (χ4v) is 2.25. The third kappa shape index (κ3) is 3.30. The highest BCUT2D eigenvalue weighted by atomic mass is 79.9. The third-order valence-electron chi connectivity index (χ3n) is 2.08. The number of halogens is 1. The zero-order valence-corrected chi connectivity index (χ0v) is 12.0. The largest absolute Gasteiger partial charge is 0.461 e. The van der Waals surface area contributed by atoms with Crippen LogP contribution < -0.4 is 5.32 Å². The van der Waals surface area contributed by atoms with E-state index >= 15 is 0 Å². The standard InChI is InChI=1S/C12H11BrN2O2S/c1-2-17-11(16)10-7-18-12(15-10)14-9-5-3-8(13)4-6-9/h3-7H,2H2,1H3,(H,14,15). The molecule has 0 aliphatic rings. The Morgan fingerprint density at radius 1 is 1.44 bits per heavy atom. The molecule has 0 saturated carbocycles. The molecule has 0 radical (unpaired) electrons. The Morgan fingerprint density at radius 2 is 2.17 bits per heavy atom. The first-order chi connectivity index (χ1) is 8.69. The maximum atomic E-state index is 11.4. The molecule has 1 aromatic heterocycles. The molecule has 0 aliphatic carbocycles. The van der Waals surface area contributed by atoms with Gasteiger partial charge in [0.15, 0.2) is 10.8 Å². The van der Waals surface area contributed by atoms with Crippen LogP contribution in [-0.4, -0.2) is 17.6 Å². The molecule has 0 spiro atoms. The lowest BCUT2D eigenvalue weighted by atomic mass is 10.3. The summed E-state index contributed by atoms with van der Waals surface area (Å²) in [6, 6.07) is 7.72. The van der Waals surface area contributed by atoms with Crippen LogP contribution in [0.4, 0.5) is 10.8 Å². The number of hydrogen-bond acceptors (Lipinski definition) is 5. The molecule has 0 aliphatic heterocycles. The van der Waals surface area contributed by atoms with Gasteiger partial charge in [-0.1, -0.05) is 15.9 Å². The van der Waals surface area contributed by atoms with Crippen molar-refractivity contribution in [2.24, 2.45) is 0 Å². The number of aromatic nitrogens is 1. The molecule has 0 amide bonds. The van der Waals surface area contributed by atoms with E-state index in [1.165, 1.54) is 11.3 Å². The Kier molecular flexibility index (Phi) is 4.33. The van der Waals surface area contributed by atoms with Crippen LogP contribution in [0, 0.1) is 0 Å². The van der Waals surface area contributed by atoms with Gasteiger partial charge in [0.1, 0.15) is 0 Å². The number of benzene rings is 1. The van der Waals surface area contributed by atoms with E-state index in [0.29, 0.717) is 17.4 Å². The van der Waals surface area contributed by atoms with Crippen LogP contribution in [0.3, 0.4) is 0 Å². The van der Waals surface area contributed by atoms with Crippen LogP contribution in [0.1, 0.15) is 17.4 Å². The lowest BCUT2D eigenvalue weighted by molar-refractivity contribution is 0.0520. The average molecular weight is 327 g/mol. The van der Waals surface area contributed by atoms with Crippen molar-refractivity contribution in [2.45, 2.75) is 6.92 Å². The van der Waals surface area contributed by atoms with Crippen molar-refractivity contribution in [3.63, 3.8) is 0 Å². The van der Waals surface area contributed by atoms with Crippen molar-refractivity contribution in [2.75, 3.05) is 11.9 Å². The topological polar surface area (TPSA) is 51.2 Å². The van der Waals surface area contributed by atoms with E-state index in [2.05, 4.69) is 26.2 Å². The molecule has 0 unspecified atom stereocenters. The summed E-state index contributed by atoms with van der Waals surface area (Å²) in [5.41, 5.74) is 1.25. The average Bonchev–Trinajstić information content (AvgIpc) is 2.81. The second-order valence-electron chi connectivity index (χ2n) is 3.39. The van der Waals surface area contributed by atoms with Crippen LogP contribution in [-0.2, 0) is 4.74 Å². The summed E-state index contributed by atoms with van der Waals surface area (Å²) in [5, 5.41) is 5.47. The summed E-state index contributed by atoms with van der Waals surface area (Å²) in [5.74, 6) is -0.391. The van der Waals surface area contributed by atoms with Gasteiger partial charge in [0.25, 0.3) is 0 Å². The molecule has 94 valence electrons. The second-order valence-corrected chi connectivity index (χ2v) is 5.16. The molecule has 0 bridgehead atoms. The number of rotatable bonds is 4. The van der Waals surface area contributed by atoms with Gasteiger partial charge < -0.3 is 10.1 Å². The van der Waals surface area contributed by atoms with Crippen molar-refractivity contribution >= 4 is 44.1 Å². The number of ether oxygens (including phenoxy) is 1. The minimum atomic E-state index is -0.391. The van der Waals surface area contributed by atoms with E-state index < -0.39 is 5.97 Å². The van der Waals surface area contributed by atoms with E-state index in [4.69, 9.17) is 4.74 Å². The molecule has 6 heteroatoms. The number of anilines is 2. The first-order valence-corrected chi connectivity index (χ1v) is 7.01. The van der Waals surface area contributed by atoms with Crippen LogP contribution in [0.25, 0.3) is 0 Å². The van der Waals surface area contributed by atoms with Gasteiger partial charge in [-0.25, -0.2) is 9.78 Å². The van der Waals surface area contributed by atoms with Gasteiger partial charge >= 0.3 is 5.97 Å². The maximum absolute atomic E-state index is 11.4. The number of nitrogens with one attached hydrogen (secondary N) is 1. The fraction of sp³-hybridized carbons (Fsp3) is 0.167. The molecule has 18 heavy (non-hydrogen) atoms. The van der Waals surface area contributed by atoms with Crippen molar-refractivity contribution in [1.29, 1.82) is 0 Å². The van der Waals surface area contributed by atoms with Gasteiger partial charge in [-0.05, 0) is 31.2 Å². The predicted molar refractivity (Wildman–Crippen MR) is 75.5 cm³/mol. The molecule has 1 N–H and O–H groups in total. The molecule has 0 fully saturated rings. The summed E-state index contributed by atoms with van der Waals surface area (Å²) < 4.78 is 5.89. The molecule has 0 saturated heterocycles. The Balaban J connectivity index is 2.06. The van der Waals surface area contributed by atoms with Crippen molar-refractivity contribution < 1.29 is 9.53 Å². The van der Waals surface area contributed by atoms with Crippen molar-refractivity contribution in [3.05, 3.63) is 39.8 Å². The lowest BCUT2D eigenvalue weighted by Crippen LogP contribution is -2.04. The van der Waals surface area contributed by atoms with Gasteiger partial charge in [0, 0.05) is 15.5 Å². The van der Waals surface area contributed by atoms with Gasteiger partial charge in [0.05, 0.1) is 6.61 Å². The Morgan fingerprint density at radius 3 is 2.83 bits per heavy atom. The number of thiazole rings is 1. The number of carbonyl (C=O) groups is 1. The highest BCUT2D eigenvalue weighted by molar-refractivity contribution is 9.10. The number of esters is 1. The van der Waals surface area contributed by atoms with E-state index in [1.807, 2.05) is 24.3 Å². The molecule has 1 aromatic carbocycles. The van der Waals surface area contributed by atoms with E-state index in [9.17, 15) is 4.79 Å². The lowest BCUT2D eigenvalue weighted by Gasteiger charge is -2.01. The fourth-order valence-electron chi connectivity index (χ4n) is 1.29. The molecule has 2 rings (SSSR count). The maximum Gasteiger partial charge on any atom is 0.357 e. The monoisotopic (exact) mass is 326 g/mol. The van der Waals surface area contributed by atoms with Crippen LogP contribution in [0.5, 0.6) is 0 Å². The van der Waals surface area contributed by atoms with Crippen LogP contribution >= 0.6 is 27.3 Å². The Hall–Kier alpha value is -1.40.